The minimum absolute atomic E-state index is 0.245. The Morgan fingerprint density at radius 1 is 1.00 bits per heavy atom. The second-order valence-corrected chi connectivity index (χ2v) is 5.75. The summed E-state index contributed by atoms with van der Waals surface area (Å²) in [5.74, 6) is -0.206. The van der Waals surface area contributed by atoms with Crippen LogP contribution in [0.15, 0.2) is 54.7 Å². The van der Waals surface area contributed by atoms with E-state index in [0.29, 0.717) is 28.3 Å². The molecule has 0 amide bonds. The average Bonchev–Trinajstić information content (AvgIpc) is 2.74. The Kier molecular flexibility index (Phi) is 6.31. The third-order valence-electron chi connectivity index (χ3n) is 3.81. The Labute approximate surface area is 167 Å². The first kappa shape index (κ1) is 19.7. The summed E-state index contributed by atoms with van der Waals surface area (Å²) in [6, 6.07) is 13.6. The van der Waals surface area contributed by atoms with Gasteiger partial charge < -0.3 is 20.1 Å². The molecule has 0 aliphatic heterocycles. The maximum absolute atomic E-state index is 12.1. The highest BCUT2D eigenvalue weighted by atomic mass is 16.5. The summed E-state index contributed by atoms with van der Waals surface area (Å²) in [5, 5.41) is 13.9. The van der Waals surface area contributed by atoms with Crippen molar-refractivity contribution >= 4 is 35.1 Å². The van der Waals surface area contributed by atoms with E-state index in [4.69, 9.17) is 4.74 Å². The summed E-state index contributed by atoms with van der Waals surface area (Å²) in [7, 11) is 1.33. The Morgan fingerprint density at radius 3 is 2.48 bits per heavy atom. The number of hydrogen-bond donors (Lipinski definition) is 2. The quantitative estimate of drug-likeness (QED) is 0.583. The van der Waals surface area contributed by atoms with Crippen molar-refractivity contribution in [2.45, 2.75) is 6.92 Å². The molecule has 0 fully saturated rings. The maximum Gasteiger partial charge on any atom is 0.340 e. The van der Waals surface area contributed by atoms with E-state index in [0.717, 1.165) is 0 Å². The molecule has 29 heavy (non-hydrogen) atoms. The highest BCUT2D eigenvalue weighted by molar-refractivity contribution is 5.96. The fraction of sp³-hybridized carbons (Fsp3) is 0.150. The first-order valence-corrected chi connectivity index (χ1v) is 8.79. The van der Waals surface area contributed by atoms with E-state index in [1.54, 1.807) is 55.5 Å². The lowest BCUT2D eigenvalue weighted by atomic mass is 10.2. The lowest BCUT2D eigenvalue weighted by molar-refractivity contribution is 0.0526. The molecule has 0 atom stereocenters. The van der Waals surface area contributed by atoms with Crippen molar-refractivity contribution in [2.75, 3.05) is 24.4 Å². The van der Waals surface area contributed by atoms with E-state index in [9.17, 15) is 9.59 Å². The van der Waals surface area contributed by atoms with Crippen molar-refractivity contribution in [1.29, 1.82) is 0 Å². The number of para-hydroxylation sites is 1. The lowest BCUT2D eigenvalue weighted by Gasteiger charge is -2.11. The van der Waals surface area contributed by atoms with E-state index in [2.05, 4.69) is 30.6 Å². The van der Waals surface area contributed by atoms with E-state index in [1.165, 1.54) is 13.3 Å². The van der Waals surface area contributed by atoms with Crippen LogP contribution in [0.2, 0.25) is 0 Å². The summed E-state index contributed by atoms with van der Waals surface area (Å²) in [5.41, 5.74) is 2.03. The Morgan fingerprint density at radius 2 is 1.76 bits per heavy atom. The van der Waals surface area contributed by atoms with Gasteiger partial charge in [0.15, 0.2) is 5.82 Å². The summed E-state index contributed by atoms with van der Waals surface area (Å²) in [4.78, 5) is 27.9. The first-order chi connectivity index (χ1) is 14.1. The zero-order chi connectivity index (χ0) is 20.6. The number of ether oxygens (including phenoxy) is 2. The minimum Gasteiger partial charge on any atom is -0.465 e. The largest absolute Gasteiger partial charge is 0.465 e. The Bertz CT molecular complexity index is 1010. The monoisotopic (exact) mass is 393 g/mol. The molecule has 0 aliphatic carbocycles. The predicted octanol–water partition coefficient (Wildman–Crippen LogP) is 3.32. The van der Waals surface area contributed by atoms with Gasteiger partial charge in [0.1, 0.15) is 0 Å². The number of anilines is 4. The van der Waals surface area contributed by atoms with Gasteiger partial charge in [0.2, 0.25) is 5.95 Å². The van der Waals surface area contributed by atoms with Gasteiger partial charge in [0, 0.05) is 5.69 Å². The molecule has 1 heterocycles. The Hall–Kier alpha value is -4.01. The van der Waals surface area contributed by atoms with Crippen LogP contribution in [0.25, 0.3) is 0 Å². The van der Waals surface area contributed by atoms with Gasteiger partial charge in [0.05, 0.1) is 36.7 Å². The zero-order valence-electron chi connectivity index (χ0n) is 15.9. The summed E-state index contributed by atoms with van der Waals surface area (Å²) >= 11 is 0. The van der Waals surface area contributed by atoms with Crippen LogP contribution in [0.5, 0.6) is 0 Å². The SMILES string of the molecule is CCOC(=O)c1ccccc1Nc1cnnc(Nc2ccc(C(=O)OC)cc2)n1. The van der Waals surface area contributed by atoms with Gasteiger partial charge in [0.25, 0.3) is 0 Å². The van der Waals surface area contributed by atoms with E-state index < -0.39 is 11.9 Å². The number of carbonyl (C=O) groups excluding carboxylic acids is 2. The van der Waals surface area contributed by atoms with Crippen molar-refractivity contribution in [3.05, 3.63) is 65.9 Å². The number of carbonyl (C=O) groups is 2. The third-order valence-corrected chi connectivity index (χ3v) is 3.81. The highest BCUT2D eigenvalue weighted by Crippen LogP contribution is 2.21. The standard InChI is InChI=1S/C20H19N5O4/c1-3-29-19(27)15-6-4-5-7-16(15)23-17-12-21-25-20(24-17)22-14-10-8-13(9-11-14)18(26)28-2/h4-12H,3H2,1-2H3,(H2,22,23,24,25). The van der Waals surface area contributed by atoms with Gasteiger partial charge in [-0.05, 0) is 43.3 Å². The molecule has 1 aromatic heterocycles. The minimum atomic E-state index is -0.429. The predicted molar refractivity (Wildman–Crippen MR) is 107 cm³/mol. The average molecular weight is 393 g/mol. The highest BCUT2D eigenvalue weighted by Gasteiger charge is 2.13. The fourth-order valence-corrected chi connectivity index (χ4v) is 2.47. The van der Waals surface area contributed by atoms with Crippen molar-refractivity contribution in [2.24, 2.45) is 0 Å². The maximum atomic E-state index is 12.1. The summed E-state index contributed by atoms with van der Waals surface area (Å²) in [6.07, 6.45) is 1.44. The van der Waals surface area contributed by atoms with Gasteiger partial charge in [-0.25, -0.2) is 9.59 Å². The molecule has 0 aliphatic rings. The molecule has 0 unspecified atom stereocenters. The number of nitrogens with one attached hydrogen (secondary N) is 2. The molecule has 9 nitrogen and oxygen atoms in total. The van der Waals surface area contributed by atoms with Crippen LogP contribution in [0.1, 0.15) is 27.6 Å². The van der Waals surface area contributed by atoms with Gasteiger partial charge in [-0.2, -0.15) is 10.1 Å². The number of nitrogens with zero attached hydrogens (tertiary/aromatic N) is 3. The summed E-state index contributed by atoms with van der Waals surface area (Å²) < 4.78 is 9.74. The molecule has 3 aromatic rings. The Balaban J connectivity index is 1.75. The van der Waals surface area contributed by atoms with Gasteiger partial charge >= 0.3 is 11.9 Å². The van der Waals surface area contributed by atoms with E-state index in [1.807, 2.05) is 0 Å². The molecule has 3 rings (SSSR count). The van der Waals surface area contributed by atoms with Crippen LogP contribution >= 0.6 is 0 Å². The zero-order valence-corrected chi connectivity index (χ0v) is 15.9. The molecule has 0 spiro atoms. The number of rotatable bonds is 7. The van der Waals surface area contributed by atoms with E-state index in [-0.39, 0.29) is 12.6 Å². The number of hydrogen-bond acceptors (Lipinski definition) is 9. The van der Waals surface area contributed by atoms with Crippen molar-refractivity contribution in [1.82, 2.24) is 15.2 Å². The smallest absolute Gasteiger partial charge is 0.340 e. The van der Waals surface area contributed by atoms with Crippen LogP contribution < -0.4 is 10.6 Å². The van der Waals surface area contributed by atoms with Gasteiger partial charge in [-0.3, -0.25) is 0 Å². The molecule has 148 valence electrons. The third kappa shape index (κ3) is 5.04. The van der Waals surface area contributed by atoms with Gasteiger partial charge in [-0.1, -0.05) is 12.1 Å². The second-order valence-electron chi connectivity index (χ2n) is 5.75. The number of methoxy groups -OCH3 is 1. The van der Waals surface area contributed by atoms with Crippen molar-refractivity contribution in [3.8, 4) is 0 Å². The molecular formula is C20H19N5O4. The number of benzene rings is 2. The van der Waals surface area contributed by atoms with Crippen LogP contribution in [-0.4, -0.2) is 40.8 Å². The van der Waals surface area contributed by atoms with Crippen LogP contribution in [-0.2, 0) is 9.47 Å². The molecule has 0 saturated carbocycles. The van der Waals surface area contributed by atoms with E-state index >= 15 is 0 Å². The lowest BCUT2D eigenvalue weighted by Crippen LogP contribution is -2.09. The number of aromatic nitrogens is 3. The molecular weight excluding hydrogens is 374 g/mol. The van der Waals surface area contributed by atoms with Crippen molar-refractivity contribution in [3.63, 3.8) is 0 Å². The molecule has 0 saturated heterocycles. The normalized spacial score (nSPS) is 10.1. The molecule has 2 aromatic carbocycles. The fourth-order valence-electron chi connectivity index (χ4n) is 2.47. The summed E-state index contributed by atoms with van der Waals surface area (Å²) in [6.45, 7) is 2.03. The number of esters is 2. The molecule has 9 heteroatoms. The molecule has 0 radical (unpaired) electrons. The van der Waals surface area contributed by atoms with Crippen molar-refractivity contribution < 1.29 is 19.1 Å². The second kappa shape index (κ2) is 9.27. The van der Waals surface area contributed by atoms with Gasteiger partial charge in [-0.15, -0.1) is 5.10 Å². The molecule has 2 N–H and O–H groups in total. The molecule has 0 bridgehead atoms. The first-order valence-electron chi connectivity index (χ1n) is 8.79. The van der Waals surface area contributed by atoms with Crippen LogP contribution in [0.4, 0.5) is 23.1 Å². The topological polar surface area (TPSA) is 115 Å². The van der Waals surface area contributed by atoms with Crippen LogP contribution in [0.3, 0.4) is 0 Å². The van der Waals surface area contributed by atoms with Crippen LogP contribution in [0, 0.1) is 0 Å².